The lowest BCUT2D eigenvalue weighted by atomic mass is 10.0. The number of unbranched alkanes of at least 4 members (excludes halogenated alkanes) is 2. The second-order valence-electron chi connectivity index (χ2n) is 3.78. The van der Waals surface area contributed by atoms with Crippen molar-refractivity contribution in [2.45, 2.75) is 33.1 Å². The highest BCUT2D eigenvalue weighted by Crippen LogP contribution is 2.07. The SMILES string of the molecule is C=C(C=O)/C(=C/NCCCCC)C(=N)/C=C\C. The highest BCUT2D eigenvalue weighted by Gasteiger charge is 2.05. The Morgan fingerprint density at radius 1 is 1.41 bits per heavy atom. The number of hydrogen-bond donors (Lipinski definition) is 2. The van der Waals surface area contributed by atoms with E-state index in [0.29, 0.717) is 23.1 Å². The third-order valence-electron chi connectivity index (χ3n) is 2.28. The molecule has 0 aliphatic heterocycles. The molecular formula is C14H22N2O. The van der Waals surface area contributed by atoms with E-state index in [0.717, 1.165) is 13.0 Å². The second kappa shape index (κ2) is 9.58. The largest absolute Gasteiger partial charge is 0.390 e. The molecule has 17 heavy (non-hydrogen) atoms. The maximum absolute atomic E-state index is 10.7. The summed E-state index contributed by atoms with van der Waals surface area (Å²) in [5.41, 5.74) is 1.18. The van der Waals surface area contributed by atoms with Crippen LogP contribution < -0.4 is 5.32 Å². The first-order chi connectivity index (χ1) is 8.17. The number of allylic oxidation sites excluding steroid dienone is 4. The molecule has 0 spiro atoms. The molecular weight excluding hydrogens is 212 g/mol. The molecule has 0 aromatic heterocycles. The van der Waals surface area contributed by atoms with Crippen molar-refractivity contribution in [3.05, 3.63) is 36.1 Å². The molecule has 0 aromatic carbocycles. The van der Waals surface area contributed by atoms with Crippen molar-refractivity contribution in [1.29, 1.82) is 5.41 Å². The van der Waals surface area contributed by atoms with Gasteiger partial charge in [-0.25, -0.2) is 0 Å². The van der Waals surface area contributed by atoms with Gasteiger partial charge < -0.3 is 10.7 Å². The maximum Gasteiger partial charge on any atom is 0.150 e. The van der Waals surface area contributed by atoms with Crippen LogP contribution in [0.25, 0.3) is 0 Å². The van der Waals surface area contributed by atoms with E-state index in [-0.39, 0.29) is 0 Å². The molecule has 3 nitrogen and oxygen atoms in total. The quantitative estimate of drug-likeness (QED) is 0.212. The molecule has 2 N–H and O–H groups in total. The molecule has 0 fully saturated rings. The summed E-state index contributed by atoms with van der Waals surface area (Å²) >= 11 is 0. The van der Waals surface area contributed by atoms with Crippen LogP contribution in [0.1, 0.15) is 33.1 Å². The fourth-order valence-electron chi connectivity index (χ4n) is 1.31. The first-order valence-corrected chi connectivity index (χ1v) is 5.97. The van der Waals surface area contributed by atoms with E-state index in [4.69, 9.17) is 5.41 Å². The van der Waals surface area contributed by atoms with Crippen LogP contribution in [0.4, 0.5) is 0 Å². The van der Waals surface area contributed by atoms with E-state index >= 15 is 0 Å². The average molecular weight is 234 g/mol. The summed E-state index contributed by atoms with van der Waals surface area (Å²) in [5.74, 6) is 0. The van der Waals surface area contributed by atoms with Gasteiger partial charge in [-0.05, 0) is 19.4 Å². The third-order valence-corrected chi connectivity index (χ3v) is 2.28. The zero-order valence-electron chi connectivity index (χ0n) is 10.8. The van der Waals surface area contributed by atoms with Gasteiger partial charge in [-0.3, -0.25) is 4.79 Å². The zero-order chi connectivity index (χ0) is 13.1. The molecule has 0 atom stereocenters. The van der Waals surface area contributed by atoms with Gasteiger partial charge in [0.1, 0.15) is 6.29 Å². The van der Waals surface area contributed by atoms with Gasteiger partial charge in [-0.1, -0.05) is 32.4 Å². The van der Waals surface area contributed by atoms with Gasteiger partial charge in [0.05, 0.1) is 5.71 Å². The van der Waals surface area contributed by atoms with E-state index in [1.807, 2.05) is 6.92 Å². The van der Waals surface area contributed by atoms with Crippen LogP contribution in [-0.2, 0) is 4.79 Å². The van der Waals surface area contributed by atoms with Gasteiger partial charge in [-0.15, -0.1) is 0 Å². The molecule has 94 valence electrons. The minimum Gasteiger partial charge on any atom is -0.390 e. The highest BCUT2D eigenvalue weighted by atomic mass is 16.1. The molecule has 0 unspecified atom stereocenters. The number of carbonyl (C=O) groups is 1. The number of carbonyl (C=O) groups excluding carboxylic acids is 1. The fraction of sp³-hybridized carbons (Fsp3) is 0.429. The van der Waals surface area contributed by atoms with E-state index in [1.165, 1.54) is 12.8 Å². The molecule has 0 aliphatic carbocycles. The van der Waals surface area contributed by atoms with Crippen LogP contribution in [0.15, 0.2) is 36.1 Å². The normalized spacial score (nSPS) is 11.5. The van der Waals surface area contributed by atoms with Crippen molar-refractivity contribution in [2.24, 2.45) is 0 Å². The van der Waals surface area contributed by atoms with Gasteiger partial charge in [0.2, 0.25) is 0 Å². The summed E-state index contributed by atoms with van der Waals surface area (Å²) in [4.78, 5) is 10.7. The Hall–Kier alpha value is -1.64. The monoisotopic (exact) mass is 234 g/mol. The maximum atomic E-state index is 10.7. The Morgan fingerprint density at radius 2 is 2.12 bits per heavy atom. The zero-order valence-corrected chi connectivity index (χ0v) is 10.8. The van der Waals surface area contributed by atoms with Gasteiger partial charge in [0, 0.05) is 23.9 Å². The fourth-order valence-corrected chi connectivity index (χ4v) is 1.31. The van der Waals surface area contributed by atoms with Crippen molar-refractivity contribution >= 4 is 12.0 Å². The Morgan fingerprint density at radius 3 is 2.65 bits per heavy atom. The smallest absolute Gasteiger partial charge is 0.150 e. The first kappa shape index (κ1) is 15.4. The van der Waals surface area contributed by atoms with Gasteiger partial charge in [0.25, 0.3) is 0 Å². The minimum atomic E-state index is 0.299. The topological polar surface area (TPSA) is 53.0 Å². The van der Waals surface area contributed by atoms with Crippen LogP contribution in [0.3, 0.4) is 0 Å². The molecule has 0 bridgehead atoms. The standard InChI is InChI=1S/C14H22N2O/c1-4-6-7-9-16-10-13(12(3)11-17)14(15)8-5-2/h5,8,10-11,15-16H,3-4,6-7,9H2,1-2H3/b8-5-,13-10-,15-14?. The first-order valence-electron chi connectivity index (χ1n) is 5.97. The van der Waals surface area contributed by atoms with E-state index < -0.39 is 0 Å². The molecule has 0 saturated carbocycles. The van der Waals surface area contributed by atoms with Crippen LogP contribution in [-0.4, -0.2) is 18.5 Å². The minimum absolute atomic E-state index is 0.299. The summed E-state index contributed by atoms with van der Waals surface area (Å²) < 4.78 is 0. The second-order valence-corrected chi connectivity index (χ2v) is 3.78. The molecule has 0 rings (SSSR count). The lowest BCUT2D eigenvalue weighted by Crippen LogP contribution is -2.12. The van der Waals surface area contributed by atoms with Crippen molar-refractivity contribution in [1.82, 2.24) is 5.32 Å². The highest BCUT2D eigenvalue weighted by molar-refractivity contribution is 6.13. The van der Waals surface area contributed by atoms with Crippen LogP contribution >= 0.6 is 0 Å². The molecule has 0 aliphatic rings. The molecule has 3 heteroatoms. The summed E-state index contributed by atoms with van der Waals surface area (Å²) in [7, 11) is 0. The van der Waals surface area contributed by atoms with E-state index in [2.05, 4.69) is 18.8 Å². The number of nitrogens with one attached hydrogen (secondary N) is 2. The predicted octanol–water partition coefficient (Wildman–Crippen LogP) is 3.00. The Labute approximate surface area is 104 Å². The van der Waals surface area contributed by atoms with Crippen LogP contribution in [0, 0.1) is 5.41 Å². The summed E-state index contributed by atoms with van der Waals surface area (Å²) in [6, 6.07) is 0. The summed E-state index contributed by atoms with van der Waals surface area (Å²) in [5, 5.41) is 10.9. The van der Waals surface area contributed by atoms with Crippen LogP contribution in [0.5, 0.6) is 0 Å². The van der Waals surface area contributed by atoms with Gasteiger partial charge >= 0.3 is 0 Å². The van der Waals surface area contributed by atoms with Crippen molar-refractivity contribution in [3.63, 3.8) is 0 Å². The van der Waals surface area contributed by atoms with E-state index in [1.54, 1.807) is 18.4 Å². The average Bonchev–Trinajstić information content (AvgIpc) is 2.33. The van der Waals surface area contributed by atoms with E-state index in [9.17, 15) is 4.79 Å². The number of hydrogen-bond acceptors (Lipinski definition) is 3. The Kier molecular flexibility index (Phi) is 8.65. The summed E-state index contributed by atoms with van der Waals surface area (Å²) in [6.45, 7) is 8.48. The van der Waals surface area contributed by atoms with Crippen molar-refractivity contribution in [3.8, 4) is 0 Å². The number of aldehydes is 1. The molecule has 0 heterocycles. The summed E-state index contributed by atoms with van der Waals surface area (Å²) in [6.07, 6.45) is 9.24. The third kappa shape index (κ3) is 6.51. The van der Waals surface area contributed by atoms with Crippen molar-refractivity contribution < 1.29 is 4.79 Å². The lowest BCUT2D eigenvalue weighted by molar-refractivity contribution is -0.104. The predicted molar refractivity (Wildman–Crippen MR) is 73.4 cm³/mol. The number of rotatable bonds is 9. The molecule has 0 amide bonds. The Balaban J connectivity index is 4.47. The molecule has 0 saturated heterocycles. The molecule has 0 aromatic rings. The Bertz CT molecular complexity index is 327. The van der Waals surface area contributed by atoms with Gasteiger partial charge in [-0.2, -0.15) is 0 Å². The molecule has 0 radical (unpaired) electrons. The van der Waals surface area contributed by atoms with Crippen LogP contribution in [0.2, 0.25) is 0 Å². The van der Waals surface area contributed by atoms with Crippen molar-refractivity contribution in [2.75, 3.05) is 6.54 Å². The lowest BCUT2D eigenvalue weighted by Gasteiger charge is -2.06. The van der Waals surface area contributed by atoms with Gasteiger partial charge in [0.15, 0.2) is 0 Å².